The number of carbonyl (C=O) groups excluding carboxylic acids is 1. The molecule has 0 radical (unpaired) electrons. The second-order valence-electron chi connectivity index (χ2n) is 4.71. The number of hydrogen-bond donors (Lipinski definition) is 1. The van der Waals surface area contributed by atoms with E-state index < -0.39 is 12.1 Å². The molecule has 0 fully saturated rings. The van der Waals surface area contributed by atoms with Crippen LogP contribution in [0.1, 0.15) is 43.9 Å². The van der Waals surface area contributed by atoms with Crippen LogP contribution in [0.4, 0.5) is 0 Å². The van der Waals surface area contributed by atoms with Gasteiger partial charge in [0.2, 0.25) is 5.76 Å². The van der Waals surface area contributed by atoms with Gasteiger partial charge in [-0.2, -0.15) is 0 Å². The molecule has 1 unspecified atom stereocenters. The van der Waals surface area contributed by atoms with Crippen LogP contribution < -0.4 is 4.74 Å². The molecule has 0 amide bonds. The van der Waals surface area contributed by atoms with Crippen molar-refractivity contribution in [2.75, 3.05) is 6.61 Å². The summed E-state index contributed by atoms with van der Waals surface area (Å²) in [6.07, 6.45) is 3.65. The van der Waals surface area contributed by atoms with E-state index in [0.717, 1.165) is 30.4 Å². The Morgan fingerprint density at radius 1 is 1.50 bits per heavy atom. The van der Waals surface area contributed by atoms with Crippen LogP contribution in [0.5, 0.6) is 5.75 Å². The molecule has 1 aromatic carbocycles. The van der Waals surface area contributed by atoms with Gasteiger partial charge in [-0.15, -0.1) is 0 Å². The first-order valence-electron chi connectivity index (χ1n) is 6.98. The second kappa shape index (κ2) is 6.57. The third-order valence-electron chi connectivity index (χ3n) is 3.37. The molecule has 108 valence electrons. The summed E-state index contributed by atoms with van der Waals surface area (Å²) >= 11 is 0. The Hall–Kier alpha value is -1.81. The molecule has 1 atom stereocenters. The Morgan fingerprint density at radius 2 is 2.30 bits per heavy atom. The van der Waals surface area contributed by atoms with Gasteiger partial charge < -0.3 is 14.6 Å². The number of aryl methyl sites for hydroxylation is 1. The van der Waals surface area contributed by atoms with Crippen molar-refractivity contribution in [3.05, 3.63) is 41.2 Å². The van der Waals surface area contributed by atoms with Gasteiger partial charge in [0.05, 0.1) is 12.7 Å². The van der Waals surface area contributed by atoms with E-state index in [1.54, 1.807) is 26.0 Å². The lowest BCUT2D eigenvalue weighted by Crippen LogP contribution is -2.16. The van der Waals surface area contributed by atoms with Crippen molar-refractivity contribution in [2.24, 2.45) is 0 Å². The summed E-state index contributed by atoms with van der Waals surface area (Å²) in [5.41, 5.74) is 1.88. The van der Waals surface area contributed by atoms with Crippen molar-refractivity contribution in [1.29, 1.82) is 0 Å². The molecular formula is C16H20O4. The van der Waals surface area contributed by atoms with Gasteiger partial charge in [-0.05, 0) is 50.8 Å². The molecule has 2 rings (SSSR count). The van der Waals surface area contributed by atoms with Gasteiger partial charge in [0, 0.05) is 5.56 Å². The zero-order chi connectivity index (χ0) is 14.5. The summed E-state index contributed by atoms with van der Waals surface area (Å²) in [6.45, 7) is 3.77. The number of esters is 1. The van der Waals surface area contributed by atoms with Crippen molar-refractivity contribution in [1.82, 2.24) is 0 Å². The van der Waals surface area contributed by atoms with Gasteiger partial charge in [-0.25, -0.2) is 4.79 Å². The Balaban J connectivity index is 2.27. The van der Waals surface area contributed by atoms with Crippen molar-refractivity contribution >= 4 is 5.97 Å². The third kappa shape index (κ3) is 3.02. The average molecular weight is 276 g/mol. The standard InChI is InChI=1S/C16H20O4/c1-3-13(16(18)19-4-2)20-14-10-6-8-11-7-5-9-12(17)15(11)14/h3,6,8,10,12,17H,4-5,7,9H2,1-2H3/b13-3-. The van der Waals surface area contributed by atoms with Gasteiger partial charge in [0.1, 0.15) is 5.75 Å². The van der Waals surface area contributed by atoms with Crippen LogP contribution in [0, 0.1) is 0 Å². The molecule has 0 aromatic heterocycles. The number of aliphatic hydroxyl groups excluding tert-OH is 1. The smallest absolute Gasteiger partial charge is 0.373 e. The number of ether oxygens (including phenoxy) is 2. The fourth-order valence-corrected chi connectivity index (χ4v) is 2.44. The molecule has 0 saturated heterocycles. The first-order valence-corrected chi connectivity index (χ1v) is 6.98. The van der Waals surface area contributed by atoms with E-state index in [0.29, 0.717) is 12.4 Å². The van der Waals surface area contributed by atoms with Crippen LogP contribution in [0.2, 0.25) is 0 Å². The van der Waals surface area contributed by atoms with E-state index >= 15 is 0 Å². The normalized spacial score (nSPS) is 18.4. The minimum Gasteiger partial charge on any atom is -0.460 e. The largest absolute Gasteiger partial charge is 0.460 e. The summed E-state index contributed by atoms with van der Waals surface area (Å²) in [5, 5.41) is 10.2. The van der Waals surface area contributed by atoms with Gasteiger partial charge in [0.25, 0.3) is 0 Å². The Labute approximate surface area is 119 Å². The van der Waals surface area contributed by atoms with Crippen LogP contribution in [0.15, 0.2) is 30.0 Å². The van der Waals surface area contributed by atoms with Gasteiger partial charge in [-0.3, -0.25) is 0 Å². The van der Waals surface area contributed by atoms with Crippen LogP contribution in [0.25, 0.3) is 0 Å². The lowest BCUT2D eigenvalue weighted by molar-refractivity contribution is -0.141. The molecule has 4 heteroatoms. The van der Waals surface area contributed by atoms with Gasteiger partial charge >= 0.3 is 5.97 Å². The quantitative estimate of drug-likeness (QED) is 0.522. The van der Waals surface area contributed by atoms with Crippen LogP contribution in [-0.4, -0.2) is 17.7 Å². The lowest BCUT2D eigenvalue weighted by atomic mass is 9.89. The molecule has 1 N–H and O–H groups in total. The van der Waals surface area contributed by atoms with Crippen molar-refractivity contribution in [3.8, 4) is 5.75 Å². The zero-order valence-electron chi connectivity index (χ0n) is 11.9. The summed E-state index contributed by atoms with van der Waals surface area (Å²) in [4.78, 5) is 11.8. The van der Waals surface area contributed by atoms with Crippen LogP contribution in [-0.2, 0) is 16.0 Å². The highest BCUT2D eigenvalue weighted by molar-refractivity contribution is 5.86. The molecule has 1 aliphatic rings. The first kappa shape index (κ1) is 14.6. The maximum absolute atomic E-state index is 11.8. The van der Waals surface area contributed by atoms with Crippen LogP contribution >= 0.6 is 0 Å². The fourth-order valence-electron chi connectivity index (χ4n) is 2.44. The van der Waals surface area contributed by atoms with E-state index in [1.807, 2.05) is 12.1 Å². The molecule has 20 heavy (non-hydrogen) atoms. The molecule has 1 aromatic rings. The lowest BCUT2D eigenvalue weighted by Gasteiger charge is -2.24. The topological polar surface area (TPSA) is 55.8 Å². The van der Waals surface area contributed by atoms with E-state index in [2.05, 4.69) is 0 Å². The Bertz CT molecular complexity index is 519. The maximum atomic E-state index is 11.8. The molecule has 0 aliphatic heterocycles. The highest BCUT2D eigenvalue weighted by Crippen LogP contribution is 2.37. The number of fused-ring (bicyclic) bond motifs is 1. The molecule has 0 heterocycles. The Kier molecular flexibility index (Phi) is 4.79. The molecule has 0 bridgehead atoms. The minimum atomic E-state index is -0.532. The fraction of sp³-hybridized carbons (Fsp3) is 0.438. The van der Waals surface area contributed by atoms with Crippen LogP contribution in [0.3, 0.4) is 0 Å². The molecule has 4 nitrogen and oxygen atoms in total. The summed E-state index contributed by atoms with van der Waals surface area (Å²) in [6, 6.07) is 5.64. The third-order valence-corrected chi connectivity index (χ3v) is 3.37. The first-order chi connectivity index (χ1) is 9.67. The highest BCUT2D eigenvalue weighted by atomic mass is 16.6. The predicted octanol–water partition coefficient (Wildman–Crippen LogP) is 2.90. The summed E-state index contributed by atoms with van der Waals surface area (Å²) < 4.78 is 10.6. The second-order valence-corrected chi connectivity index (χ2v) is 4.71. The number of hydrogen-bond acceptors (Lipinski definition) is 4. The number of rotatable bonds is 4. The molecule has 0 saturated carbocycles. The van der Waals surface area contributed by atoms with E-state index in [9.17, 15) is 9.90 Å². The molecule has 0 spiro atoms. The minimum absolute atomic E-state index is 0.151. The number of carbonyl (C=O) groups is 1. The van der Waals surface area contributed by atoms with E-state index in [1.165, 1.54) is 0 Å². The van der Waals surface area contributed by atoms with E-state index in [4.69, 9.17) is 9.47 Å². The summed E-state index contributed by atoms with van der Waals surface area (Å²) in [5.74, 6) is 0.201. The van der Waals surface area contributed by atoms with Gasteiger partial charge in [0.15, 0.2) is 0 Å². The Morgan fingerprint density at radius 3 is 3.00 bits per heavy atom. The van der Waals surface area contributed by atoms with Crippen molar-refractivity contribution in [2.45, 2.75) is 39.2 Å². The molecule has 1 aliphatic carbocycles. The zero-order valence-corrected chi connectivity index (χ0v) is 11.9. The van der Waals surface area contributed by atoms with E-state index in [-0.39, 0.29) is 5.76 Å². The van der Waals surface area contributed by atoms with Crippen molar-refractivity contribution in [3.63, 3.8) is 0 Å². The SMILES string of the molecule is C/C=C(\Oc1cccc2c1C(O)CCC2)C(=O)OCC. The maximum Gasteiger partial charge on any atom is 0.373 e. The number of benzene rings is 1. The van der Waals surface area contributed by atoms with Gasteiger partial charge in [-0.1, -0.05) is 12.1 Å². The number of aliphatic hydroxyl groups is 1. The monoisotopic (exact) mass is 276 g/mol. The highest BCUT2D eigenvalue weighted by Gasteiger charge is 2.23. The summed E-state index contributed by atoms with van der Waals surface area (Å²) in [7, 11) is 0. The molecular weight excluding hydrogens is 256 g/mol. The number of allylic oxidation sites excluding steroid dienone is 1. The van der Waals surface area contributed by atoms with Crippen molar-refractivity contribution < 1.29 is 19.4 Å². The average Bonchev–Trinajstić information content (AvgIpc) is 2.45. The predicted molar refractivity (Wildman–Crippen MR) is 75.4 cm³/mol.